The van der Waals surface area contributed by atoms with Crippen molar-refractivity contribution in [3.63, 3.8) is 0 Å². The average Bonchev–Trinajstić information content (AvgIpc) is 3.50. The van der Waals surface area contributed by atoms with Gasteiger partial charge in [-0.05, 0) is 67.4 Å². The van der Waals surface area contributed by atoms with Crippen LogP contribution in [-0.2, 0) is 4.79 Å². The van der Waals surface area contributed by atoms with E-state index >= 15 is 0 Å². The van der Waals surface area contributed by atoms with Crippen LogP contribution in [0.1, 0.15) is 49.2 Å². The summed E-state index contributed by atoms with van der Waals surface area (Å²) in [5.74, 6) is -0.663. The molecule has 3 aromatic carbocycles. The molecule has 1 unspecified atom stereocenters. The highest BCUT2D eigenvalue weighted by Gasteiger charge is 2.34. The van der Waals surface area contributed by atoms with E-state index in [-0.39, 0.29) is 23.6 Å². The Hall–Kier alpha value is -4.37. The first-order chi connectivity index (χ1) is 17.9. The molecule has 8 nitrogen and oxygen atoms in total. The summed E-state index contributed by atoms with van der Waals surface area (Å²) in [6.45, 7) is 4.55. The fourth-order valence-electron chi connectivity index (χ4n) is 4.38. The Morgan fingerprint density at radius 3 is 2.32 bits per heavy atom. The zero-order chi connectivity index (χ0) is 25.9. The van der Waals surface area contributed by atoms with Crippen LogP contribution >= 0.6 is 11.3 Å². The van der Waals surface area contributed by atoms with Gasteiger partial charge < -0.3 is 10.2 Å². The van der Waals surface area contributed by atoms with Crippen LogP contribution in [-0.4, -0.2) is 34.5 Å². The molecule has 1 atom stereocenters. The lowest BCUT2D eigenvalue weighted by Gasteiger charge is -2.17. The molecule has 1 saturated heterocycles. The Labute approximate surface area is 218 Å². The van der Waals surface area contributed by atoms with E-state index < -0.39 is 0 Å². The number of nitrogens with zero attached hydrogens (tertiary/aromatic N) is 3. The maximum atomic E-state index is 12.9. The van der Waals surface area contributed by atoms with E-state index in [0.29, 0.717) is 39.9 Å². The average molecular weight is 512 g/mol. The molecule has 1 aliphatic rings. The van der Waals surface area contributed by atoms with Gasteiger partial charge >= 0.3 is 0 Å². The van der Waals surface area contributed by atoms with Gasteiger partial charge in [-0.15, -0.1) is 10.2 Å². The van der Waals surface area contributed by atoms with Gasteiger partial charge in [0.15, 0.2) is 0 Å². The van der Waals surface area contributed by atoms with Crippen molar-refractivity contribution < 1.29 is 14.4 Å². The molecule has 5 rings (SSSR count). The van der Waals surface area contributed by atoms with Gasteiger partial charge in [0.2, 0.25) is 11.0 Å². The summed E-state index contributed by atoms with van der Waals surface area (Å²) >= 11 is 1.27. The van der Waals surface area contributed by atoms with Gasteiger partial charge in [-0.3, -0.25) is 19.7 Å². The second-order valence-corrected chi connectivity index (χ2v) is 10.1. The van der Waals surface area contributed by atoms with Crippen molar-refractivity contribution in [1.82, 2.24) is 10.2 Å². The number of hydrogen-bond acceptors (Lipinski definition) is 6. The van der Waals surface area contributed by atoms with Crippen molar-refractivity contribution in [2.24, 2.45) is 0 Å². The molecule has 0 saturated carbocycles. The lowest BCUT2D eigenvalue weighted by molar-refractivity contribution is -0.117. The minimum Gasteiger partial charge on any atom is -0.322 e. The van der Waals surface area contributed by atoms with Gasteiger partial charge in [-0.25, -0.2) is 0 Å². The number of aromatic nitrogens is 2. The van der Waals surface area contributed by atoms with Gasteiger partial charge in [-0.1, -0.05) is 41.7 Å². The van der Waals surface area contributed by atoms with Crippen molar-refractivity contribution in [2.45, 2.75) is 26.2 Å². The molecule has 3 amide bonds. The summed E-state index contributed by atoms with van der Waals surface area (Å²) in [4.78, 5) is 39.8. The molecule has 0 aliphatic carbocycles. The highest BCUT2D eigenvalue weighted by Crippen LogP contribution is 2.35. The molecule has 37 heavy (non-hydrogen) atoms. The lowest BCUT2D eigenvalue weighted by Crippen LogP contribution is -2.24. The Morgan fingerprint density at radius 1 is 0.865 bits per heavy atom. The molecule has 1 fully saturated rings. The highest BCUT2D eigenvalue weighted by atomic mass is 32.1. The van der Waals surface area contributed by atoms with E-state index in [9.17, 15) is 14.4 Å². The predicted molar refractivity (Wildman–Crippen MR) is 144 cm³/mol. The van der Waals surface area contributed by atoms with Gasteiger partial charge in [0.05, 0.1) is 0 Å². The van der Waals surface area contributed by atoms with Crippen molar-refractivity contribution in [1.29, 1.82) is 0 Å². The van der Waals surface area contributed by atoms with Crippen LogP contribution in [0.2, 0.25) is 0 Å². The first-order valence-corrected chi connectivity index (χ1v) is 12.7. The first-order valence-electron chi connectivity index (χ1n) is 11.9. The molecular formula is C28H25N5O3S. The zero-order valence-corrected chi connectivity index (χ0v) is 21.2. The van der Waals surface area contributed by atoms with E-state index in [2.05, 4.69) is 26.9 Å². The minimum absolute atomic E-state index is 0.0464. The van der Waals surface area contributed by atoms with Crippen LogP contribution in [0, 0.1) is 13.8 Å². The van der Waals surface area contributed by atoms with Crippen LogP contribution in [0.3, 0.4) is 0 Å². The number of hydrogen-bond donors (Lipinski definition) is 2. The number of nitrogens with one attached hydrogen (secondary N) is 2. The largest absolute Gasteiger partial charge is 0.322 e. The number of aryl methyl sites for hydroxylation is 2. The Balaban J connectivity index is 1.24. The molecule has 0 bridgehead atoms. The molecule has 9 heteroatoms. The molecule has 0 radical (unpaired) electrons. The standard InChI is InChI=1S/C28H25N5O3S/c1-17-11-18(2)13-23(12-17)33-16-21(15-24(33)34)27-31-32-28(37-27)30-26(36)20-9-6-10-22(14-20)29-25(35)19-7-4-3-5-8-19/h3-14,21H,15-16H2,1-2H3,(H,29,35)(H,30,32,36). The summed E-state index contributed by atoms with van der Waals surface area (Å²) in [6.07, 6.45) is 0.346. The number of rotatable bonds is 6. The fraction of sp³-hybridized carbons (Fsp3) is 0.179. The quantitative estimate of drug-likeness (QED) is 0.371. The number of benzene rings is 3. The van der Waals surface area contributed by atoms with Gasteiger partial charge in [-0.2, -0.15) is 0 Å². The molecule has 186 valence electrons. The topological polar surface area (TPSA) is 104 Å². The normalized spacial score (nSPS) is 15.0. The maximum Gasteiger partial charge on any atom is 0.257 e. The summed E-state index contributed by atoms with van der Waals surface area (Å²) in [7, 11) is 0. The predicted octanol–water partition coefficient (Wildman–Crippen LogP) is 5.18. The summed E-state index contributed by atoms with van der Waals surface area (Å²) < 4.78 is 0. The van der Waals surface area contributed by atoms with Gasteiger partial charge in [0.1, 0.15) is 5.01 Å². The molecule has 1 aromatic heterocycles. The summed E-state index contributed by atoms with van der Waals surface area (Å²) in [5, 5.41) is 15.0. The van der Waals surface area contributed by atoms with Crippen molar-refractivity contribution in [3.05, 3.63) is 100 Å². The number of amides is 3. The first kappa shape index (κ1) is 24.3. The molecule has 4 aromatic rings. The molecular weight excluding hydrogens is 486 g/mol. The maximum absolute atomic E-state index is 12.9. The third kappa shape index (κ3) is 5.57. The summed E-state index contributed by atoms with van der Waals surface area (Å²) in [6, 6.07) is 21.6. The zero-order valence-electron chi connectivity index (χ0n) is 20.4. The van der Waals surface area contributed by atoms with Gasteiger partial charge in [0, 0.05) is 41.4 Å². The molecule has 2 heterocycles. The van der Waals surface area contributed by atoms with Crippen LogP contribution in [0.25, 0.3) is 0 Å². The van der Waals surface area contributed by atoms with E-state index in [1.807, 2.05) is 32.0 Å². The van der Waals surface area contributed by atoms with Crippen molar-refractivity contribution >= 4 is 45.6 Å². The molecule has 1 aliphatic heterocycles. The second kappa shape index (κ2) is 10.3. The Bertz CT molecular complexity index is 1460. The lowest BCUT2D eigenvalue weighted by atomic mass is 10.1. The van der Waals surface area contributed by atoms with E-state index in [1.165, 1.54) is 11.3 Å². The van der Waals surface area contributed by atoms with Crippen molar-refractivity contribution in [3.8, 4) is 0 Å². The van der Waals surface area contributed by atoms with E-state index in [0.717, 1.165) is 16.8 Å². The molecule has 2 N–H and O–H groups in total. The third-order valence-corrected chi connectivity index (χ3v) is 7.07. The van der Waals surface area contributed by atoms with Crippen LogP contribution in [0.5, 0.6) is 0 Å². The van der Waals surface area contributed by atoms with E-state index in [4.69, 9.17) is 0 Å². The number of carbonyl (C=O) groups is 3. The highest BCUT2D eigenvalue weighted by molar-refractivity contribution is 7.15. The Kier molecular flexibility index (Phi) is 6.78. The van der Waals surface area contributed by atoms with Crippen molar-refractivity contribution in [2.75, 3.05) is 22.1 Å². The number of carbonyl (C=O) groups excluding carboxylic acids is 3. The smallest absolute Gasteiger partial charge is 0.257 e. The van der Waals surface area contributed by atoms with Crippen LogP contribution in [0.15, 0.2) is 72.8 Å². The third-order valence-electron chi connectivity index (χ3n) is 6.07. The minimum atomic E-state index is -0.363. The van der Waals surface area contributed by atoms with E-state index in [1.54, 1.807) is 53.4 Å². The molecule has 0 spiro atoms. The Morgan fingerprint density at radius 2 is 1.57 bits per heavy atom. The van der Waals surface area contributed by atoms with Crippen LogP contribution < -0.4 is 15.5 Å². The summed E-state index contributed by atoms with van der Waals surface area (Å²) in [5.41, 5.74) is 4.52. The second-order valence-electron chi connectivity index (χ2n) is 9.05. The van der Waals surface area contributed by atoms with Crippen LogP contribution in [0.4, 0.5) is 16.5 Å². The SMILES string of the molecule is Cc1cc(C)cc(N2CC(c3nnc(NC(=O)c4cccc(NC(=O)c5ccccc5)c4)s3)CC2=O)c1. The monoisotopic (exact) mass is 511 g/mol. The fourth-order valence-corrected chi connectivity index (χ4v) is 5.21. The van der Waals surface area contributed by atoms with Gasteiger partial charge in [0.25, 0.3) is 11.8 Å². The number of anilines is 3.